The lowest BCUT2D eigenvalue weighted by Gasteiger charge is -2.33. The van der Waals surface area contributed by atoms with Gasteiger partial charge in [0.05, 0.1) is 17.1 Å². The van der Waals surface area contributed by atoms with Crippen molar-refractivity contribution in [2.45, 2.75) is 75.8 Å². The minimum Gasteiger partial charge on any atom is -0.449 e. The van der Waals surface area contributed by atoms with Crippen molar-refractivity contribution in [3.63, 3.8) is 0 Å². The van der Waals surface area contributed by atoms with Gasteiger partial charge in [0.25, 0.3) is 11.8 Å². The molecule has 1 aromatic heterocycles. The number of benzene rings is 2. The summed E-state index contributed by atoms with van der Waals surface area (Å²) in [6.45, 7) is 5.49. The van der Waals surface area contributed by atoms with Crippen molar-refractivity contribution >= 4 is 40.4 Å². The maximum Gasteiger partial charge on any atom is 0.418 e. The van der Waals surface area contributed by atoms with Crippen molar-refractivity contribution in [1.29, 1.82) is 0 Å². The van der Waals surface area contributed by atoms with E-state index in [1.807, 2.05) is 12.1 Å². The molecule has 2 unspecified atom stereocenters. The molecule has 0 radical (unpaired) electrons. The fourth-order valence-electron chi connectivity index (χ4n) is 6.68. The summed E-state index contributed by atoms with van der Waals surface area (Å²) in [5.41, 5.74) is 3.16. The lowest BCUT2D eigenvalue weighted by atomic mass is 9.89. The molecule has 2 aromatic carbocycles. The van der Waals surface area contributed by atoms with Gasteiger partial charge in [0, 0.05) is 46.8 Å². The molecule has 2 atom stereocenters. The third-order valence-electron chi connectivity index (χ3n) is 9.22. The first-order valence-electron chi connectivity index (χ1n) is 15.3. The Morgan fingerprint density at radius 3 is 2.14 bits per heavy atom. The molecular formula is C33H39ClN4O4. The quantitative estimate of drug-likeness (QED) is 0.341. The zero-order chi connectivity index (χ0) is 29.3. The number of nitrogens with one attached hydrogen (secondary N) is 2. The number of rotatable bonds is 8. The van der Waals surface area contributed by atoms with E-state index in [-0.39, 0.29) is 35.9 Å². The number of aromatic nitrogens is 1. The summed E-state index contributed by atoms with van der Waals surface area (Å²) in [5, 5.41) is 7.42. The van der Waals surface area contributed by atoms with Crippen molar-refractivity contribution in [3.05, 3.63) is 70.4 Å². The van der Waals surface area contributed by atoms with Crippen LogP contribution in [0.15, 0.2) is 48.7 Å². The number of ether oxygens (including phenoxy) is 1. The van der Waals surface area contributed by atoms with Gasteiger partial charge in [0.1, 0.15) is 0 Å². The molecular weight excluding hydrogens is 552 g/mol. The second kappa shape index (κ2) is 12.1. The van der Waals surface area contributed by atoms with E-state index in [0.717, 1.165) is 32.2 Å². The summed E-state index contributed by atoms with van der Waals surface area (Å²) >= 11 is 6.32. The fraction of sp³-hybridized carbons (Fsp3) is 0.485. The Labute approximate surface area is 251 Å². The normalized spacial score (nSPS) is 21.7. The Morgan fingerprint density at radius 2 is 1.52 bits per heavy atom. The first kappa shape index (κ1) is 28.7. The molecule has 0 bridgehead atoms. The van der Waals surface area contributed by atoms with Crippen LogP contribution >= 0.6 is 11.6 Å². The number of nitrogens with zero attached hydrogens (tertiary/aromatic N) is 2. The summed E-state index contributed by atoms with van der Waals surface area (Å²) in [7, 11) is 0. The van der Waals surface area contributed by atoms with Crippen molar-refractivity contribution in [2.75, 3.05) is 26.2 Å². The average Bonchev–Trinajstić information content (AvgIpc) is 3.44. The number of amides is 2. The first-order valence-corrected chi connectivity index (χ1v) is 15.7. The molecule has 2 amide bonds. The third-order valence-corrected chi connectivity index (χ3v) is 9.52. The zero-order valence-electron chi connectivity index (χ0n) is 24.2. The number of hydrogen-bond donors (Lipinski definition) is 2. The molecule has 8 nitrogen and oxygen atoms in total. The van der Waals surface area contributed by atoms with Crippen LogP contribution < -0.4 is 10.6 Å². The van der Waals surface area contributed by atoms with Gasteiger partial charge in [-0.3, -0.25) is 14.2 Å². The van der Waals surface area contributed by atoms with Gasteiger partial charge in [0.2, 0.25) is 0 Å². The Balaban J connectivity index is 1.11. The molecule has 3 aromatic rings. The van der Waals surface area contributed by atoms with Crippen LogP contribution in [0.1, 0.15) is 84.6 Å². The van der Waals surface area contributed by atoms with Gasteiger partial charge >= 0.3 is 6.09 Å². The second-order valence-corrected chi connectivity index (χ2v) is 12.5. The SMILES string of the molecule is CCOC(=O)n1cc(Cl)c2ccc(C(=O)NC3CCCCC3NC(=O)c3ccc(C4(CN5CCCC5)CC4)cc3)cc21. The van der Waals surface area contributed by atoms with E-state index in [9.17, 15) is 14.4 Å². The molecule has 2 aliphatic carbocycles. The van der Waals surface area contributed by atoms with Gasteiger partial charge < -0.3 is 20.3 Å². The molecule has 0 spiro atoms. The Kier molecular flexibility index (Phi) is 8.28. The summed E-state index contributed by atoms with van der Waals surface area (Å²) in [5.74, 6) is -0.367. The standard InChI is InChI=1S/C33H39ClN4O4/c1-2-42-32(41)38-20-26(34)25-14-11-23(19-29(25)38)31(40)36-28-8-4-3-7-27(28)35-30(39)22-9-12-24(13-10-22)33(15-16-33)21-37-17-5-6-18-37/h9-14,19-20,27-28H,2-8,15-18,21H2,1H3,(H,35,39)(H,36,40). The van der Waals surface area contributed by atoms with Gasteiger partial charge in [-0.25, -0.2) is 4.79 Å². The molecule has 9 heteroatoms. The van der Waals surface area contributed by atoms with Crippen LogP contribution in [0.25, 0.3) is 10.9 Å². The maximum absolute atomic E-state index is 13.3. The van der Waals surface area contributed by atoms with E-state index >= 15 is 0 Å². The van der Waals surface area contributed by atoms with Crippen molar-refractivity contribution in [3.8, 4) is 0 Å². The molecule has 3 fully saturated rings. The van der Waals surface area contributed by atoms with E-state index in [1.54, 1.807) is 25.1 Å². The van der Waals surface area contributed by atoms with Gasteiger partial charge in [-0.1, -0.05) is 42.6 Å². The third kappa shape index (κ3) is 5.92. The van der Waals surface area contributed by atoms with Crippen LogP contribution in [0.2, 0.25) is 5.02 Å². The van der Waals surface area contributed by atoms with E-state index in [1.165, 1.54) is 55.1 Å². The van der Waals surface area contributed by atoms with Crippen LogP contribution in [0.4, 0.5) is 4.79 Å². The molecule has 6 rings (SSSR count). The molecule has 2 saturated carbocycles. The molecule has 2 N–H and O–H groups in total. The van der Waals surface area contributed by atoms with Gasteiger partial charge in [-0.2, -0.15) is 0 Å². The smallest absolute Gasteiger partial charge is 0.418 e. The lowest BCUT2D eigenvalue weighted by Crippen LogP contribution is -2.53. The van der Waals surface area contributed by atoms with Crippen molar-refractivity contribution in [2.24, 2.45) is 0 Å². The van der Waals surface area contributed by atoms with E-state index in [2.05, 4.69) is 27.7 Å². The fourth-order valence-corrected chi connectivity index (χ4v) is 6.94. The Bertz CT molecular complexity index is 1470. The zero-order valence-corrected chi connectivity index (χ0v) is 24.9. The molecule has 1 aliphatic heterocycles. The highest BCUT2D eigenvalue weighted by Crippen LogP contribution is 2.49. The predicted octanol–water partition coefficient (Wildman–Crippen LogP) is 5.90. The highest BCUT2D eigenvalue weighted by atomic mass is 35.5. The minimum absolute atomic E-state index is 0.111. The van der Waals surface area contributed by atoms with Crippen molar-refractivity contribution < 1.29 is 19.1 Å². The molecule has 2 heterocycles. The van der Waals surface area contributed by atoms with Crippen LogP contribution in [0.3, 0.4) is 0 Å². The second-order valence-electron chi connectivity index (χ2n) is 12.1. The van der Waals surface area contributed by atoms with Gasteiger partial charge in [0.15, 0.2) is 0 Å². The molecule has 3 aliphatic rings. The van der Waals surface area contributed by atoms with E-state index < -0.39 is 6.09 Å². The monoisotopic (exact) mass is 590 g/mol. The first-order chi connectivity index (χ1) is 20.4. The summed E-state index contributed by atoms with van der Waals surface area (Å²) in [6, 6.07) is 12.9. The minimum atomic E-state index is -0.547. The van der Waals surface area contributed by atoms with Gasteiger partial charge in [-0.15, -0.1) is 0 Å². The van der Waals surface area contributed by atoms with Crippen LogP contribution in [-0.4, -0.2) is 65.7 Å². The van der Waals surface area contributed by atoms with Gasteiger partial charge in [-0.05, 0) is 88.4 Å². The number of fused-ring (bicyclic) bond motifs is 1. The molecule has 222 valence electrons. The van der Waals surface area contributed by atoms with Crippen LogP contribution in [0, 0.1) is 0 Å². The highest BCUT2D eigenvalue weighted by Gasteiger charge is 2.45. The molecule has 1 saturated heterocycles. The number of carbonyl (C=O) groups excluding carboxylic acids is 3. The highest BCUT2D eigenvalue weighted by molar-refractivity contribution is 6.36. The van der Waals surface area contributed by atoms with Crippen molar-refractivity contribution in [1.82, 2.24) is 20.1 Å². The van der Waals surface area contributed by atoms with Crippen LogP contribution in [-0.2, 0) is 10.2 Å². The number of hydrogen-bond acceptors (Lipinski definition) is 5. The summed E-state index contributed by atoms with van der Waals surface area (Å²) in [6.07, 6.45) is 9.53. The molecule has 42 heavy (non-hydrogen) atoms. The van der Waals surface area contributed by atoms with Crippen LogP contribution in [0.5, 0.6) is 0 Å². The summed E-state index contributed by atoms with van der Waals surface area (Å²) in [4.78, 5) is 41.6. The number of halogens is 1. The Hall–Kier alpha value is -3.36. The summed E-state index contributed by atoms with van der Waals surface area (Å²) < 4.78 is 6.46. The Morgan fingerprint density at radius 1 is 0.905 bits per heavy atom. The lowest BCUT2D eigenvalue weighted by molar-refractivity contribution is 0.0863. The number of carbonyl (C=O) groups is 3. The van der Waals surface area contributed by atoms with E-state index in [4.69, 9.17) is 16.3 Å². The van der Waals surface area contributed by atoms with E-state index in [0.29, 0.717) is 27.1 Å². The topological polar surface area (TPSA) is 92.7 Å². The number of likely N-dealkylation sites (tertiary alicyclic amines) is 1. The maximum atomic E-state index is 13.3. The largest absolute Gasteiger partial charge is 0.449 e. The average molecular weight is 591 g/mol. The predicted molar refractivity (Wildman–Crippen MR) is 163 cm³/mol.